The van der Waals surface area contributed by atoms with E-state index in [9.17, 15) is 9.59 Å². The molecule has 0 saturated carbocycles. The monoisotopic (exact) mass is 480 g/mol. The minimum Gasteiger partial charge on any atom is -0.459 e. The van der Waals surface area contributed by atoms with E-state index >= 15 is 0 Å². The summed E-state index contributed by atoms with van der Waals surface area (Å²) in [4.78, 5) is 25.9. The highest BCUT2D eigenvalue weighted by Crippen LogP contribution is 2.35. The fraction of sp³-hybridized carbons (Fsp3) is 0.548. The van der Waals surface area contributed by atoms with Gasteiger partial charge in [-0.2, -0.15) is 0 Å². The molecule has 0 bridgehead atoms. The molecular formula is C31H44O4. The van der Waals surface area contributed by atoms with Gasteiger partial charge in [0, 0.05) is 11.8 Å². The number of hydrogen-bond acceptors (Lipinski definition) is 4. The second kappa shape index (κ2) is 14.7. The molecule has 4 unspecified atom stereocenters. The molecule has 2 rings (SSSR count). The zero-order chi connectivity index (χ0) is 25.8. The first kappa shape index (κ1) is 28.6. The van der Waals surface area contributed by atoms with E-state index in [-0.39, 0.29) is 36.0 Å². The quantitative estimate of drug-likeness (QED) is 0.257. The molecule has 0 aliphatic carbocycles. The molecule has 35 heavy (non-hydrogen) atoms. The maximum Gasteiger partial charge on any atom is 0.338 e. The molecule has 0 fully saturated rings. The van der Waals surface area contributed by atoms with E-state index in [4.69, 9.17) is 9.47 Å². The first-order valence-electron chi connectivity index (χ1n) is 13.2. The summed E-state index contributed by atoms with van der Waals surface area (Å²) in [6, 6.07) is 18.3. The van der Waals surface area contributed by atoms with Gasteiger partial charge in [-0.15, -0.1) is 0 Å². The third-order valence-corrected chi connectivity index (χ3v) is 6.76. The summed E-state index contributed by atoms with van der Waals surface area (Å²) in [6.45, 7) is 12.9. The van der Waals surface area contributed by atoms with Crippen LogP contribution >= 0.6 is 0 Å². The van der Waals surface area contributed by atoms with Crippen molar-refractivity contribution in [3.8, 4) is 0 Å². The predicted octanol–water partition coefficient (Wildman–Crippen LogP) is 7.97. The molecule has 4 nitrogen and oxygen atoms in total. The highest BCUT2D eigenvalue weighted by molar-refractivity contribution is 5.89. The Bertz CT molecular complexity index is 875. The fourth-order valence-electron chi connectivity index (χ4n) is 4.68. The number of hydrogen-bond donors (Lipinski definition) is 0. The van der Waals surface area contributed by atoms with Crippen LogP contribution < -0.4 is 0 Å². The average Bonchev–Trinajstić information content (AvgIpc) is 2.85. The molecule has 0 aliphatic rings. The number of carbonyl (C=O) groups excluding carboxylic acids is 2. The second-order valence-electron chi connectivity index (χ2n) is 10.5. The van der Waals surface area contributed by atoms with Crippen molar-refractivity contribution in [3.05, 3.63) is 71.8 Å². The van der Waals surface area contributed by atoms with Gasteiger partial charge >= 0.3 is 11.9 Å². The minimum atomic E-state index is -0.301. The molecule has 4 atom stereocenters. The van der Waals surface area contributed by atoms with Crippen molar-refractivity contribution in [1.29, 1.82) is 0 Å². The van der Waals surface area contributed by atoms with Crippen LogP contribution in [0.25, 0.3) is 0 Å². The van der Waals surface area contributed by atoms with Crippen molar-refractivity contribution in [2.45, 2.75) is 85.9 Å². The molecular weight excluding hydrogens is 436 g/mol. The van der Waals surface area contributed by atoms with E-state index in [1.165, 1.54) is 0 Å². The summed E-state index contributed by atoms with van der Waals surface area (Å²) in [6.07, 6.45) is 4.09. The Balaban J connectivity index is 2.30. The topological polar surface area (TPSA) is 52.6 Å². The molecule has 192 valence electrons. The lowest BCUT2D eigenvalue weighted by molar-refractivity contribution is -0.0359. The van der Waals surface area contributed by atoms with Gasteiger partial charge in [-0.1, -0.05) is 83.9 Å². The molecule has 0 aromatic heterocycles. The summed E-state index contributed by atoms with van der Waals surface area (Å²) >= 11 is 0. The predicted molar refractivity (Wildman–Crippen MR) is 142 cm³/mol. The summed E-state index contributed by atoms with van der Waals surface area (Å²) < 4.78 is 12.2. The largest absolute Gasteiger partial charge is 0.459 e. The van der Waals surface area contributed by atoms with E-state index in [0.29, 0.717) is 23.0 Å². The van der Waals surface area contributed by atoms with Gasteiger partial charge in [0.2, 0.25) is 0 Å². The summed E-state index contributed by atoms with van der Waals surface area (Å²) in [5, 5.41) is 0. The molecule has 0 aliphatic heterocycles. The molecule has 0 radical (unpaired) electrons. The van der Waals surface area contributed by atoms with E-state index in [1.54, 1.807) is 24.3 Å². The lowest BCUT2D eigenvalue weighted by Crippen LogP contribution is -2.39. The van der Waals surface area contributed by atoms with Crippen LogP contribution in [0.3, 0.4) is 0 Å². The summed E-state index contributed by atoms with van der Waals surface area (Å²) in [5.74, 6) is 0.679. The highest BCUT2D eigenvalue weighted by Gasteiger charge is 2.36. The van der Waals surface area contributed by atoms with Crippen LogP contribution in [0, 0.1) is 23.7 Å². The van der Waals surface area contributed by atoms with E-state index in [0.717, 1.165) is 32.1 Å². The number of esters is 2. The Morgan fingerprint density at radius 1 is 0.629 bits per heavy atom. The van der Waals surface area contributed by atoms with Crippen LogP contribution in [0.2, 0.25) is 0 Å². The zero-order valence-electron chi connectivity index (χ0n) is 22.4. The van der Waals surface area contributed by atoms with Gasteiger partial charge in [0.05, 0.1) is 11.1 Å². The zero-order valence-corrected chi connectivity index (χ0v) is 22.4. The SMILES string of the molecule is CCC(OC(=O)c1ccccc1)C(CCC(C)C)C(CCC(C)C)C(C)OC(=O)c1ccccc1. The van der Waals surface area contributed by atoms with E-state index in [1.807, 2.05) is 43.3 Å². The molecule has 0 heterocycles. The normalized spacial score (nSPS) is 14.9. The third-order valence-electron chi connectivity index (χ3n) is 6.76. The Hall–Kier alpha value is -2.62. The molecule has 4 heteroatoms. The van der Waals surface area contributed by atoms with Crippen LogP contribution in [-0.4, -0.2) is 24.1 Å². The average molecular weight is 481 g/mol. The van der Waals surface area contributed by atoms with Crippen molar-refractivity contribution in [3.63, 3.8) is 0 Å². The van der Waals surface area contributed by atoms with Gasteiger partial charge in [0.15, 0.2) is 0 Å². The maximum atomic E-state index is 13.0. The van der Waals surface area contributed by atoms with Crippen molar-refractivity contribution < 1.29 is 19.1 Å². The molecule has 0 saturated heterocycles. The van der Waals surface area contributed by atoms with Crippen LogP contribution in [-0.2, 0) is 9.47 Å². The smallest absolute Gasteiger partial charge is 0.338 e. The lowest BCUT2D eigenvalue weighted by atomic mass is 9.76. The maximum absolute atomic E-state index is 13.0. The molecule has 0 spiro atoms. The van der Waals surface area contributed by atoms with Gasteiger partial charge in [0.25, 0.3) is 0 Å². The van der Waals surface area contributed by atoms with Crippen molar-refractivity contribution in [2.24, 2.45) is 23.7 Å². The number of rotatable bonds is 14. The lowest BCUT2D eigenvalue weighted by Gasteiger charge is -2.37. The van der Waals surface area contributed by atoms with Crippen LogP contribution in [0.5, 0.6) is 0 Å². The molecule has 0 amide bonds. The fourth-order valence-corrected chi connectivity index (χ4v) is 4.68. The van der Waals surface area contributed by atoms with Crippen LogP contribution in [0.1, 0.15) is 94.4 Å². The Kier molecular flexibility index (Phi) is 12.0. The standard InChI is InChI=1S/C31H44O4/c1-7-29(35-31(33)26-16-12-9-13-17-26)28(21-19-23(4)5)27(20-18-22(2)3)24(6)34-30(32)25-14-10-8-11-15-25/h8-17,22-24,27-29H,7,18-21H2,1-6H3. The van der Waals surface area contributed by atoms with Crippen molar-refractivity contribution in [2.75, 3.05) is 0 Å². The summed E-state index contributed by atoms with van der Waals surface area (Å²) in [7, 11) is 0. The van der Waals surface area contributed by atoms with Gasteiger partial charge in [-0.3, -0.25) is 0 Å². The first-order chi connectivity index (χ1) is 16.7. The van der Waals surface area contributed by atoms with Crippen LogP contribution in [0.4, 0.5) is 0 Å². The van der Waals surface area contributed by atoms with Crippen LogP contribution in [0.15, 0.2) is 60.7 Å². The minimum absolute atomic E-state index is 0.0948. The molecule has 2 aromatic carbocycles. The number of ether oxygens (including phenoxy) is 2. The Labute approximate surface area is 212 Å². The van der Waals surface area contributed by atoms with Gasteiger partial charge < -0.3 is 9.47 Å². The Morgan fingerprint density at radius 2 is 1.06 bits per heavy atom. The first-order valence-corrected chi connectivity index (χ1v) is 13.2. The van der Waals surface area contributed by atoms with E-state index < -0.39 is 0 Å². The van der Waals surface area contributed by atoms with Gasteiger partial charge in [-0.05, 0) is 62.3 Å². The third kappa shape index (κ3) is 9.51. The van der Waals surface area contributed by atoms with Gasteiger partial charge in [0.1, 0.15) is 12.2 Å². The molecule has 2 aromatic rings. The Morgan fingerprint density at radius 3 is 1.49 bits per heavy atom. The summed E-state index contributed by atoms with van der Waals surface area (Å²) in [5.41, 5.74) is 1.12. The van der Waals surface area contributed by atoms with Gasteiger partial charge in [-0.25, -0.2) is 9.59 Å². The van der Waals surface area contributed by atoms with Crippen molar-refractivity contribution in [1.82, 2.24) is 0 Å². The number of carbonyl (C=O) groups is 2. The van der Waals surface area contributed by atoms with E-state index in [2.05, 4.69) is 34.6 Å². The molecule has 0 N–H and O–H groups in total. The van der Waals surface area contributed by atoms with Crippen molar-refractivity contribution >= 4 is 11.9 Å². The second-order valence-corrected chi connectivity index (χ2v) is 10.5. The number of benzene rings is 2. The highest BCUT2D eigenvalue weighted by atomic mass is 16.5.